The van der Waals surface area contributed by atoms with Crippen LogP contribution in [0.5, 0.6) is 0 Å². The van der Waals surface area contributed by atoms with Crippen LogP contribution in [0.2, 0.25) is 0 Å². The third kappa shape index (κ3) is 2.90. The Morgan fingerprint density at radius 1 is 1.00 bits per heavy atom. The SMILES string of the molecule is CC[C@H]1/C(=N/O)C[C@H](c2ccccc2)O[C@@H]1c1ccccc1. The lowest BCUT2D eigenvalue weighted by Gasteiger charge is -2.37. The first kappa shape index (κ1) is 14.8. The molecule has 0 unspecified atom stereocenters. The molecule has 2 aromatic carbocycles. The van der Waals surface area contributed by atoms with Crippen LogP contribution in [-0.4, -0.2) is 10.9 Å². The van der Waals surface area contributed by atoms with Gasteiger partial charge in [0.15, 0.2) is 0 Å². The van der Waals surface area contributed by atoms with Crippen LogP contribution in [0.15, 0.2) is 65.8 Å². The second-order valence-electron chi connectivity index (χ2n) is 5.68. The minimum absolute atomic E-state index is 0.0693. The summed E-state index contributed by atoms with van der Waals surface area (Å²) >= 11 is 0. The van der Waals surface area contributed by atoms with E-state index in [1.165, 1.54) is 0 Å². The van der Waals surface area contributed by atoms with Gasteiger partial charge >= 0.3 is 0 Å². The van der Waals surface area contributed by atoms with Gasteiger partial charge in [0.1, 0.15) is 0 Å². The Morgan fingerprint density at radius 2 is 1.59 bits per heavy atom. The van der Waals surface area contributed by atoms with E-state index in [1.807, 2.05) is 36.4 Å². The summed E-state index contributed by atoms with van der Waals surface area (Å²) in [5.41, 5.74) is 3.09. The molecule has 1 heterocycles. The average Bonchev–Trinajstić information content (AvgIpc) is 2.62. The minimum atomic E-state index is -0.0731. The van der Waals surface area contributed by atoms with E-state index in [2.05, 4.69) is 36.3 Å². The molecular formula is C19H21NO2. The summed E-state index contributed by atoms with van der Waals surface area (Å²) in [5.74, 6) is 0.118. The lowest BCUT2D eigenvalue weighted by Crippen LogP contribution is -2.32. The number of hydrogen-bond acceptors (Lipinski definition) is 3. The summed E-state index contributed by atoms with van der Waals surface area (Å²) < 4.78 is 6.40. The van der Waals surface area contributed by atoms with E-state index in [4.69, 9.17) is 4.74 Å². The molecule has 0 aromatic heterocycles. The van der Waals surface area contributed by atoms with Gasteiger partial charge in [-0.15, -0.1) is 0 Å². The van der Waals surface area contributed by atoms with Gasteiger partial charge in [0.25, 0.3) is 0 Å². The Balaban J connectivity index is 1.95. The van der Waals surface area contributed by atoms with Crippen molar-refractivity contribution < 1.29 is 9.94 Å². The first-order chi connectivity index (χ1) is 10.8. The Hall–Kier alpha value is -2.13. The molecule has 1 saturated heterocycles. The van der Waals surface area contributed by atoms with Gasteiger partial charge in [0, 0.05) is 12.3 Å². The van der Waals surface area contributed by atoms with Crippen molar-refractivity contribution in [3.63, 3.8) is 0 Å². The first-order valence-corrected chi connectivity index (χ1v) is 7.79. The Morgan fingerprint density at radius 3 is 2.14 bits per heavy atom. The standard InChI is InChI=1S/C19H21NO2/c1-2-16-17(20-21)13-18(14-9-5-3-6-10-14)22-19(16)15-11-7-4-8-12-15/h3-12,16,18-19,21H,2,13H2,1H3/b20-17+/t16-,18+,19+/m0/s1. The van der Waals surface area contributed by atoms with Gasteiger partial charge in [0.2, 0.25) is 0 Å². The molecule has 1 N–H and O–H groups in total. The van der Waals surface area contributed by atoms with E-state index in [-0.39, 0.29) is 18.1 Å². The second kappa shape index (κ2) is 6.75. The van der Waals surface area contributed by atoms with Crippen molar-refractivity contribution in [2.45, 2.75) is 32.0 Å². The molecular weight excluding hydrogens is 274 g/mol. The van der Waals surface area contributed by atoms with Crippen molar-refractivity contribution in [2.24, 2.45) is 11.1 Å². The van der Waals surface area contributed by atoms with Crippen molar-refractivity contribution in [1.29, 1.82) is 0 Å². The van der Waals surface area contributed by atoms with Gasteiger partial charge in [-0.1, -0.05) is 72.7 Å². The van der Waals surface area contributed by atoms with Crippen molar-refractivity contribution in [3.05, 3.63) is 71.8 Å². The molecule has 22 heavy (non-hydrogen) atoms. The lowest BCUT2D eigenvalue weighted by molar-refractivity contribution is -0.0482. The van der Waals surface area contributed by atoms with Gasteiger partial charge in [-0.05, 0) is 17.5 Å². The second-order valence-corrected chi connectivity index (χ2v) is 5.68. The molecule has 3 atom stereocenters. The number of benzene rings is 2. The molecule has 0 amide bonds. The molecule has 3 rings (SSSR count). The molecule has 0 bridgehead atoms. The van der Waals surface area contributed by atoms with Crippen molar-refractivity contribution in [2.75, 3.05) is 0 Å². The lowest BCUT2D eigenvalue weighted by atomic mass is 9.83. The molecule has 0 spiro atoms. The van der Waals surface area contributed by atoms with Gasteiger partial charge in [-0.2, -0.15) is 0 Å². The summed E-state index contributed by atoms with van der Waals surface area (Å²) in [4.78, 5) is 0. The molecule has 3 nitrogen and oxygen atoms in total. The number of ether oxygens (including phenoxy) is 1. The van der Waals surface area contributed by atoms with Gasteiger partial charge in [-0.25, -0.2) is 0 Å². The zero-order chi connectivity index (χ0) is 15.4. The van der Waals surface area contributed by atoms with E-state index in [9.17, 15) is 5.21 Å². The summed E-state index contributed by atoms with van der Waals surface area (Å²) in [6.45, 7) is 2.11. The number of oxime groups is 1. The number of hydrogen-bond donors (Lipinski definition) is 1. The Bertz CT molecular complexity index is 624. The highest BCUT2D eigenvalue weighted by atomic mass is 16.5. The molecule has 0 aliphatic carbocycles. The third-order valence-electron chi connectivity index (χ3n) is 4.37. The maximum absolute atomic E-state index is 9.45. The van der Waals surface area contributed by atoms with Gasteiger partial charge in [-0.3, -0.25) is 0 Å². The summed E-state index contributed by atoms with van der Waals surface area (Å²) in [7, 11) is 0. The van der Waals surface area contributed by atoms with Crippen LogP contribution in [0, 0.1) is 5.92 Å². The molecule has 0 radical (unpaired) electrons. The fourth-order valence-corrected chi connectivity index (χ4v) is 3.22. The van der Waals surface area contributed by atoms with E-state index in [0.29, 0.717) is 6.42 Å². The van der Waals surface area contributed by atoms with Crippen LogP contribution in [-0.2, 0) is 4.74 Å². The molecule has 2 aromatic rings. The monoisotopic (exact) mass is 295 g/mol. The average molecular weight is 295 g/mol. The van der Waals surface area contributed by atoms with Crippen LogP contribution in [0.3, 0.4) is 0 Å². The highest BCUT2D eigenvalue weighted by Gasteiger charge is 2.36. The summed E-state index contributed by atoms with van der Waals surface area (Å²) in [6, 6.07) is 20.4. The van der Waals surface area contributed by atoms with Crippen molar-refractivity contribution in [1.82, 2.24) is 0 Å². The predicted molar refractivity (Wildman–Crippen MR) is 87.1 cm³/mol. The summed E-state index contributed by atoms with van der Waals surface area (Å²) in [6.07, 6.45) is 1.39. The topological polar surface area (TPSA) is 41.8 Å². The molecule has 114 valence electrons. The molecule has 0 saturated carbocycles. The van der Waals surface area contributed by atoms with Crippen molar-refractivity contribution >= 4 is 5.71 Å². The zero-order valence-corrected chi connectivity index (χ0v) is 12.7. The highest BCUT2D eigenvalue weighted by Crippen LogP contribution is 2.42. The van der Waals surface area contributed by atoms with Gasteiger partial charge < -0.3 is 9.94 Å². The normalized spacial score (nSPS) is 27.0. The van der Waals surface area contributed by atoms with Crippen LogP contribution in [0.25, 0.3) is 0 Å². The molecule has 1 fully saturated rings. The van der Waals surface area contributed by atoms with E-state index >= 15 is 0 Å². The highest BCUT2D eigenvalue weighted by molar-refractivity contribution is 5.88. The smallest absolute Gasteiger partial charge is 0.0914 e. The van der Waals surface area contributed by atoms with Crippen LogP contribution in [0.4, 0.5) is 0 Å². The quantitative estimate of drug-likeness (QED) is 0.656. The fraction of sp³-hybridized carbons (Fsp3) is 0.316. The van der Waals surface area contributed by atoms with Crippen LogP contribution < -0.4 is 0 Å². The van der Waals surface area contributed by atoms with E-state index < -0.39 is 0 Å². The molecule has 1 aliphatic heterocycles. The number of rotatable bonds is 3. The van der Waals surface area contributed by atoms with E-state index in [1.54, 1.807) is 0 Å². The number of nitrogens with zero attached hydrogens (tertiary/aromatic N) is 1. The van der Waals surface area contributed by atoms with E-state index in [0.717, 1.165) is 23.3 Å². The minimum Gasteiger partial charge on any atom is -0.411 e. The molecule has 1 aliphatic rings. The van der Waals surface area contributed by atoms with Crippen LogP contribution >= 0.6 is 0 Å². The predicted octanol–water partition coefficient (Wildman–Crippen LogP) is 4.75. The zero-order valence-electron chi connectivity index (χ0n) is 12.7. The summed E-state index contributed by atoms with van der Waals surface area (Å²) in [5, 5.41) is 13.0. The maximum atomic E-state index is 9.45. The Kier molecular flexibility index (Phi) is 4.54. The fourth-order valence-electron chi connectivity index (χ4n) is 3.22. The van der Waals surface area contributed by atoms with Crippen LogP contribution in [0.1, 0.15) is 43.1 Å². The Labute approximate surface area is 131 Å². The van der Waals surface area contributed by atoms with Crippen molar-refractivity contribution in [3.8, 4) is 0 Å². The third-order valence-corrected chi connectivity index (χ3v) is 4.37. The molecule has 3 heteroatoms. The first-order valence-electron chi connectivity index (χ1n) is 7.79. The maximum Gasteiger partial charge on any atom is 0.0914 e. The largest absolute Gasteiger partial charge is 0.411 e. The van der Waals surface area contributed by atoms with Gasteiger partial charge in [0.05, 0.1) is 17.9 Å².